The lowest BCUT2D eigenvalue weighted by molar-refractivity contribution is -0.138. The fraction of sp³-hybridized carbons (Fsp3) is 0.500. The molecular weight excluding hydrogens is 266 g/mol. The smallest absolute Gasteiger partial charge is 0.352 e. The lowest BCUT2D eigenvalue weighted by atomic mass is 9.85. The van der Waals surface area contributed by atoms with Crippen molar-refractivity contribution in [2.75, 3.05) is 13.1 Å². The van der Waals surface area contributed by atoms with Gasteiger partial charge in [0.1, 0.15) is 0 Å². The van der Waals surface area contributed by atoms with Crippen molar-refractivity contribution in [3.8, 4) is 0 Å². The van der Waals surface area contributed by atoms with E-state index in [1.165, 1.54) is 20.0 Å². The summed E-state index contributed by atoms with van der Waals surface area (Å²) in [7, 11) is 1.49. The highest BCUT2D eigenvalue weighted by Gasteiger charge is 2.36. The fourth-order valence-corrected chi connectivity index (χ4v) is 2.78. The van der Waals surface area contributed by atoms with Gasteiger partial charge < -0.3 is 4.90 Å². The normalized spacial score (nSPS) is 17.3. The van der Waals surface area contributed by atoms with Gasteiger partial charge in [0.2, 0.25) is 7.85 Å². The van der Waals surface area contributed by atoms with Crippen LogP contribution in [0.25, 0.3) is 0 Å². The first-order valence-corrected chi connectivity index (χ1v) is 6.72. The monoisotopic (exact) mass is 283 g/mol. The van der Waals surface area contributed by atoms with Crippen LogP contribution in [0, 0.1) is 6.92 Å². The molecule has 1 fully saturated rings. The van der Waals surface area contributed by atoms with Crippen LogP contribution in [0.1, 0.15) is 35.4 Å². The van der Waals surface area contributed by atoms with Crippen LogP contribution in [0.3, 0.4) is 0 Å². The van der Waals surface area contributed by atoms with E-state index in [1.807, 2.05) is 0 Å². The van der Waals surface area contributed by atoms with Gasteiger partial charge in [-0.05, 0) is 37.3 Å². The summed E-state index contributed by atoms with van der Waals surface area (Å²) in [5.74, 6) is -0.133. The van der Waals surface area contributed by atoms with Gasteiger partial charge in [-0.25, -0.2) is 0 Å². The first-order valence-electron chi connectivity index (χ1n) is 6.72. The number of alkyl halides is 3. The summed E-state index contributed by atoms with van der Waals surface area (Å²) in [6.45, 7) is 2.87. The van der Waals surface area contributed by atoms with Gasteiger partial charge in [0.15, 0.2) is 5.81 Å². The second kappa shape index (κ2) is 5.50. The molecule has 1 aliphatic heterocycles. The zero-order valence-corrected chi connectivity index (χ0v) is 11.6. The molecular formula is C14H17BF3NO. The van der Waals surface area contributed by atoms with Crippen molar-refractivity contribution in [2.45, 2.75) is 31.9 Å². The highest BCUT2D eigenvalue weighted by molar-refractivity contribution is 6.56. The van der Waals surface area contributed by atoms with Crippen molar-refractivity contribution in [1.29, 1.82) is 0 Å². The van der Waals surface area contributed by atoms with E-state index in [0.717, 1.165) is 5.56 Å². The molecule has 0 N–H and O–H groups in total. The molecule has 0 saturated carbocycles. The number of hydrogen-bond acceptors (Lipinski definition) is 1. The second-order valence-electron chi connectivity index (χ2n) is 5.37. The van der Waals surface area contributed by atoms with Gasteiger partial charge in [0, 0.05) is 13.1 Å². The van der Waals surface area contributed by atoms with Crippen molar-refractivity contribution in [3.05, 3.63) is 34.9 Å². The molecule has 0 aromatic heterocycles. The molecule has 1 aromatic rings. The van der Waals surface area contributed by atoms with E-state index in [0.29, 0.717) is 31.5 Å². The third-order valence-electron chi connectivity index (χ3n) is 3.89. The van der Waals surface area contributed by atoms with Crippen LogP contribution < -0.4 is 0 Å². The SMILES string of the molecule is BC(=O)N1CCC(c2cc(C)ccc2C(F)(F)F)CC1. The highest BCUT2D eigenvalue weighted by atomic mass is 19.4. The summed E-state index contributed by atoms with van der Waals surface area (Å²) in [6, 6.07) is 4.30. The zero-order chi connectivity index (χ0) is 14.9. The number of carbonyl (C=O) groups is 1. The number of rotatable bonds is 1. The maximum Gasteiger partial charge on any atom is 0.416 e. The Labute approximate surface area is 117 Å². The third kappa shape index (κ3) is 3.16. The molecule has 1 aliphatic rings. The molecule has 6 heteroatoms. The molecule has 108 valence electrons. The number of halogens is 3. The molecule has 1 aromatic carbocycles. The molecule has 1 saturated heterocycles. The summed E-state index contributed by atoms with van der Waals surface area (Å²) < 4.78 is 39.2. The molecule has 2 rings (SSSR count). The van der Waals surface area contributed by atoms with E-state index in [9.17, 15) is 18.0 Å². The number of amides is 1. The van der Waals surface area contributed by atoms with Crippen LogP contribution in [0.4, 0.5) is 18.0 Å². The Kier molecular flexibility index (Phi) is 4.11. The summed E-state index contributed by atoms with van der Waals surface area (Å²) in [6.07, 6.45) is -3.14. The molecule has 1 heterocycles. The first-order chi connectivity index (χ1) is 9.29. The number of aryl methyl sites for hydroxylation is 1. The molecule has 20 heavy (non-hydrogen) atoms. The van der Waals surface area contributed by atoms with Crippen LogP contribution >= 0.6 is 0 Å². The lowest BCUT2D eigenvalue weighted by Gasteiger charge is -2.33. The summed E-state index contributed by atoms with van der Waals surface area (Å²) in [5, 5.41) is 0. The van der Waals surface area contributed by atoms with Gasteiger partial charge in [0.05, 0.1) is 5.56 Å². The Balaban J connectivity index is 2.25. The highest BCUT2D eigenvalue weighted by Crippen LogP contribution is 2.39. The Morgan fingerprint density at radius 1 is 1.30 bits per heavy atom. The van der Waals surface area contributed by atoms with Crippen molar-refractivity contribution in [2.24, 2.45) is 0 Å². The topological polar surface area (TPSA) is 20.3 Å². The van der Waals surface area contributed by atoms with Crippen LogP contribution in [0.5, 0.6) is 0 Å². The molecule has 1 amide bonds. The molecule has 0 atom stereocenters. The second-order valence-corrected chi connectivity index (χ2v) is 5.37. The Hall–Kier alpha value is -1.46. The minimum atomic E-state index is -4.32. The number of hydrogen-bond donors (Lipinski definition) is 0. The van der Waals surface area contributed by atoms with Crippen LogP contribution in [0.15, 0.2) is 18.2 Å². The number of benzene rings is 1. The van der Waals surface area contributed by atoms with Crippen molar-refractivity contribution in [1.82, 2.24) is 4.90 Å². The minimum Gasteiger partial charge on any atom is -0.352 e. The predicted octanol–water partition coefficient (Wildman–Crippen LogP) is 2.95. The van der Waals surface area contributed by atoms with E-state index in [4.69, 9.17) is 0 Å². The van der Waals surface area contributed by atoms with Gasteiger partial charge in [-0.3, -0.25) is 4.79 Å². The third-order valence-corrected chi connectivity index (χ3v) is 3.89. The van der Waals surface area contributed by atoms with E-state index in [-0.39, 0.29) is 11.7 Å². The van der Waals surface area contributed by atoms with Crippen molar-refractivity contribution in [3.63, 3.8) is 0 Å². The van der Waals surface area contributed by atoms with Gasteiger partial charge in [-0.15, -0.1) is 0 Å². The minimum absolute atomic E-state index is 0.0104. The summed E-state index contributed by atoms with van der Waals surface area (Å²) in [5.41, 5.74) is 0.673. The van der Waals surface area contributed by atoms with Crippen LogP contribution in [0.2, 0.25) is 0 Å². The molecule has 0 radical (unpaired) electrons. The van der Waals surface area contributed by atoms with E-state index < -0.39 is 11.7 Å². The van der Waals surface area contributed by atoms with Crippen LogP contribution in [-0.2, 0) is 6.18 Å². The predicted molar refractivity (Wildman–Crippen MR) is 73.7 cm³/mol. The summed E-state index contributed by atoms with van der Waals surface area (Å²) in [4.78, 5) is 13.0. The Morgan fingerprint density at radius 2 is 1.90 bits per heavy atom. The van der Waals surface area contributed by atoms with Gasteiger partial charge in [-0.1, -0.05) is 17.7 Å². The quantitative estimate of drug-likeness (QED) is 0.726. The Bertz CT molecular complexity index is 508. The van der Waals surface area contributed by atoms with Crippen LogP contribution in [-0.4, -0.2) is 31.6 Å². The van der Waals surface area contributed by atoms with Gasteiger partial charge in [0.25, 0.3) is 0 Å². The molecule has 0 spiro atoms. The molecule has 0 unspecified atom stereocenters. The zero-order valence-electron chi connectivity index (χ0n) is 11.6. The number of likely N-dealkylation sites (tertiary alicyclic amines) is 1. The maximum absolute atomic E-state index is 13.1. The van der Waals surface area contributed by atoms with Gasteiger partial charge >= 0.3 is 6.18 Å². The average molecular weight is 283 g/mol. The molecule has 2 nitrogen and oxygen atoms in total. The lowest BCUT2D eigenvalue weighted by Crippen LogP contribution is -2.37. The standard InChI is InChI=1S/C14H17BF3NO/c1-9-2-3-12(14(16,17)18)11(8-9)10-4-6-19(7-5-10)13(15)20/h2-3,8,10H,4-7,15H2,1H3. The average Bonchev–Trinajstić information content (AvgIpc) is 2.37. The van der Waals surface area contributed by atoms with E-state index >= 15 is 0 Å². The first kappa shape index (κ1) is 14.9. The number of carbonyl (C=O) groups excluding carboxylic acids is 1. The molecule has 0 bridgehead atoms. The largest absolute Gasteiger partial charge is 0.416 e. The van der Waals surface area contributed by atoms with Crippen molar-refractivity contribution >= 4 is 13.7 Å². The maximum atomic E-state index is 13.1. The van der Waals surface area contributed by atoms with Gasteiger partial charge in [-0.2, -0.15) is 13.2 Å². The number of nitrogens with zero attached hydrogens (tertiary/aromatic N) is 1. The number of piperidine rings is 1. The van der Waals surface area contributed by atoms with Crippen molar-refractivity contribution < 1.29 is 18.0 Å². The van der Waals surface area contributed by atoms with E-state index in [1.54, 1.807) is 17.9 Å². The molecule has 0 aliphatic carbocycles. The Morgan fingerprint density at radius 3 is 2.40 bits per heavy atom. The summed E-state index contributed by atoms with van der Waals surface area (Å²) >= 11 is 0. The fourth-order valence-electron chi connectivity index (χ4n) is 2.78. The van der Waals surface area contributed by atoms with E-state index in [2.05, 4.69) is 0 Å².